The smallest absolute Gasteiger partial charge is 0.272 e. The first-order valence-corrected chi connectivity index (χ1v) is 12.5. The van der Waals surface area contributed by atoms with Crippen molar-refractivity contribution in [1.82, 2.24) is 30.0 Å². The number of nitrogen functional groups attached to an aromatic ring is 1. The molecule has 1 amide bonds. The zero-order valence-corrected chi connectivity index (χ0v) is 20.5. The highest BCUT2D eigenvalue weighted by Gasteiger charge is 2.44. The van der Waals surface area contributed by atoms with Crippen molar-refractivity contribution in [3.05, 3.63) is 72.1 Å². The fraction of sp³-hybridized carbons (Fsp3) is 0.333. The van der Waals surface area contributed by atoms with Crippen LogP contribution in [-0.2, 0) is 5.41 Å². The van der Waals surface area contributed by atoms with E-state index < -0.39 is 5.92 Å². The average Bonchev–Trinajstić information content (AvgIpc) is 3.39. The first-order valence-electron chi connectivity index (χ1n) is 12.5. The highest BCUT2D eigenvalue weighted by molar-refractivity contribution is 5.92. The molecule has 1 aliphatic carbocycles. The minimum Gasteiger partial charge on any atom is -0.368 e. The number of nitrogens with zero attached hydrogens (tertiary/aromatic N) is 6. The van der Waals surface area contributed by atoms with Crippen molar-refractivity contribution in [2.75, 3.05) is 18.8 Å². The van der Waals surface area contributed by atoms with E-state index in [9.17, 15) is 13.6 Å². The number of piperidine rings is 1. The second-order valence-corrected chi connectivity index (χ2v) is 9.85. The molecule has 11 heteroatoms. The van der Waals surface area contributed by atoms with Gasteiger partial charge in [-0.2, -0.15) is 4.98 Å². The third-order valence-electron chi connectivity index (χ3n) is 7.52. The molecule has 0 spiro atoms. The van der Waals surface area contributed by atoms with E-state index >= 15 is 0 Å². The highest BCUT2D eigenvalue weighted by atomic mass is 19.3. The summed E-state index contributed by atoms with van der Waals surface area (Å²) in [4.78, 5) is 31.2. The Hall–Kier alpha value is -4.28. The molecule has 6 rings (SSSR count). The van der Waals surface area contributed by atoms with E-state index in [1.165, 1.54) is 11.1 Å². The van der Waals surface area contributed by atoms with Crippen molar-refractivity contribution in [3.8, 4) is 22.6 Å². The van der Waals surface area contributed by atoms with Crippen LogP contribution >= 0.6 is 0 Å². The molecule has 2 N–H and O–H groups in total. The van der Waals surface area contributed by atoms with Crippen LogP contribution in [0.2, 0.25) is 0 Å². The van der Waals surface area contributed by atoms with Crippen LogP contribution in [0.15, 0.2) is 59.5 Å². The fourth-order valence-corrected chi connectivity index (χ4v) is 5.02. The Bertz CT molecular complexity index is 1440. The number of aromatic nitrogens is 5. The molecule has 38 heavy (non-hydrogen) atoms. The number of hydrogen-bond acceptors (Lipinski definition) is 8. The number of amides is 1. The van der Waals surface area contributed by atoms with Gasteiger partial charge in [-0.3, -0.25) is 9.78 Å². The maximum absolute atomic E-state index is 13.4. The van der Waals surface area contributed by atoms with Crippen LogP contribution in [-0.4, -0.2) is 54.9 Å². The summed E-state index contributed by atoms with van der Waals surface area (Å²) in [5.74, 6) is -1.92. The van der Waals surface area contributed by atoms with Crippen molar-refractivity contribution in [2.24, 2.45) is 0 Å². The van der Waals surface area contributed by atoms with E-state index in [2.05, 4.69) is 32.2 Å². The van der Waals surface area contributed by atoms with Crippen molar-refractivity contribution < 1.29 is 18.1 Å². The molecular formula is C27H25F2N7O2. The minimum absolute atomic E-state index is 0.0130. The molecule has 2 aliphatic rings. The summed E-state index contributed by atoms with van der Waals surface area (Å²) >= 11 is 0. The molecule has 2 fully saturated rings. The second kappa shape index (κ2) is 9.23. The number of benzene rings is 1. The van der Waals surface area contributed by atoms with E-state index in [4.69, 9.17) is 15.2 Å². The van der Waals surface area contributed by atoms with Gasteiger partial charge in [-0.05, 0) is 36.1 Å². The zero-order chi connectivity index (χ0) is 26.3. The van der Waals surface area contributed by atoms with Gasteiger partial charge in [-0.15, -0.1) is 0 Å². The van der Waals surface area contributed by atoms with Crippen molar-refractivity contribution >= 4 is 11.9 Å². The Morgan fingerprint density at radius 1 is 0.868 bits per heavy atom. The number of likely N-dealkylation sites (tertiary alicyclic amines) is 1. The van der Waals surface area contributed by atoms with Gasteiger partial charge >= 0.3 is 0 Å². The summed E-state index contributed by atoms with van der Waals surface area (Å²) in [7, 11) is 0. The lowest BCUT2D eigenvalue weighted by molar-refractivity contribution is -0.0495. The Morgan fingerprint density at radius 3 is 2.13 bits per heavy atom. The molecule has 1 saturated carbocycles. The van der Waals surface area contributed by atoms with Crippen LogP contribution in [0.3, 0.4) is 0 Å². The van der Waals surface area contributed by atoms with E-state index in [1.54, 1.807) is 24.5 Å². The van der Waals surface area contributed by atoms with Gasteiger partial charge < -0.3 is 15.2 Å². The number of halogens is 2. The highest BCUT2D eigenvalue weighted by Crippen LogP contribution is 2.48. The molecular weight excluding hydrogens is 492 g/mol. The van der Waals surface area contributed by atoms with Gasteiger partial charge in [0, 0.05) is 50.1 Å². The fourth-order valence-electron chi connectivity index (χ4n) is 5.02. The maximum atomic E-state index is 13.4. The number of alkyl halides is 2. The molecule has 4 aromatic rings. The lowest BCUT2D eigenvalue weighted by Gasteiger charge is -2.39. The van der Waals surface area contributed by atoms with Crippen molar-refractivity contribution in [1.29, 1.82) is 0 Å². The molecule has 4 heterocycles. The number of hydrogen-bond donors (Lipinski definition) is 1. The van der Waals surface area contributed by atoms with E-state index in [-0.39, 0.29) is 48.9 Å². The summed E-state index contributed by atoms with van der Waals surface area (Å²) in [5, 5.41) is 4.30. The zero-order valence-electron chi connectivity index (χ0n) is 20.5. The van der Waals surface area contributed by atoms with Crippen LogP contribution < -0.4 is 5.73 Å². The standard InChI is InChI=1S/C27H25F2N7O2/c28-27(29)10-12-36(13-11-27)23(37)21-7-4-18(14-31-21)22-34-24(35-38-22)26(8-1-9-26)20-5-2-17(3-6-20)19-15-32-25(30)33-16-19/h2-7,14-16H,1,8-13H2,(H2,30,32,33). The van der Waals surface area contributed by atoms with Crippen LogP contribution in [0.5, 0.6) is 0 Å². The quantitative estimate of drug-likeness (QED) is 0.410. The first kappa shape index (κ1) is 24.1. The van der Waals surface area contributed by atoms with E-state index in [0.29, 0.717) is 17.3 Å². The van der Waals surface area contributed by atoms with E-state index in [1.807, 2.05) is 12.1 Å². The molecule has 0 bridgehead atoms. The number of carbonyl (C=O) groups is 1. The van der Waals surface area contributed by atoms with Crippen molar-refractivity contribution in [2.45, 2.75) is 43.4 Å². The summed E-state index contributed by atoms with van der Waals surface area (Å²) in [6.07, 6.45) is 7.08. The molecule has 0 radical (unpaired) electrons. The average molecular weight is 518 g/mol. The van der Waals surface area contributed by atoms with Gasteiger partial charge in [0.25, 0.3) is 17.7 Å². The van der Waals surface area contributed by atoms with Gasteiger partial charge in [0.15, 0.2) is 5.82 Å². The minimum atomic E-state index is -2.71. The van der Waals surface area contributed by atoms with Crippen LogP contribution in [0.25, 0.3) is 22.6 Å². The molecule has 9 nitrogen and oxygen atoms in total. The van der Waals surface area contributed by atoms with E-state index in [0.717, 1.165) is 36.0 Å². The van der Waals surface area contributed by atoms with Crippen LogP contribution in [0.1, 0.15) is 54.0 Å². The topological polar surface area (TPSA) is 124 Å². The first-order chi connectivity index (χ1) is 18.3. The second-order valence-electron chi connectivity index (χ2n) is 9.85. The molecule has 3 aromatic heterocycles. The van der Waals surface area contributed by atoms with Gasteiger partial charge in [0.05, 0.1) is 11.0 Å². The van der Waals surface area contributed by atoms with Crippen LogP contribution in [0.4, 0.5) is 14.7 Å². The number of pyridine rings is 1. The maximum Gasteiger partial charge on any atom is 0.272 e. The van der Waals surface area contributed by atoms with Gasteiger partial charge in [0.1, 0.15) is 5.69 Å². The predicted molar refractivity (Wildman–Crippen MR) is 134 cm³/mol. The Kier molecular flexibility index (Phi) is 5.85. The molecule has 1 aliphatic heterocycles. The number of rotatable bonds is 5. The third kappa shape index (κ3) is 4.37. The Labute approximate surface area is 217 Å². The molecule has 1 saturated heterocycles. The number of carbonyl (C=O) groups excluding carboxylic acids is 1. The largest absolute Gasteiger partial charge is 0.368 e. The predicted octanol–water partition coefficient (Wildman–Crippen LogP) is 4.51. The normalized spacial score (nSPS) is 18.1. The van der Waals surface area contributed by atoms with Crippen molar-refractivity contribution in [3.63, 3.8) is 0 Å². The van der Waals surface area contributed by atoms with Gasteiger partial charge in [0.2, 0.25) is 5.95 Å². The van der Waals surface area contributed by atoms with Crippen LogP contribution in [0, 0.1) is 0 Å². The lowest BCUT2D eigenvalue weighted by Crippen LogP contribution is -2.42. The summed E-state index contributed by atoms with van der Waals surface area (Å²) in [6.45, 7) is 0.0260. The summed E-state index contributed by atoms with van der Waals surface area (Å²) in [5.41, 5.74) is 8.99. The summed E-state index contributed by atoms with van der Waals surface area (Å²) < 4.78 is 32.4. The third-order valence-corrected chi connectivity index (χ3v) is 7.52. The lowest BCUT2D eigenvalue weighted by atomic mass is 9.64. The van der Waals surface area contributed by atoms with Gasteiger partial charge in [-0.1, -0.05) is 35.8 Å². The Morgan fingerprint density at radius 2 is 1.53 bits per heavy atom. The number of nitrogens with two attached hydrogens (primary N) is 1. The molecule has 194 valence electrons. The molecule has 0 atom stereocenters. The molecule has 0 unspecified atom stereocenters. The monoisotopic (exact) mass is 517 g/mol. The van der Waals surface area contributed by atoms with Gasteiger partial charge in [-0.25, -0.2) is 18.7 Å². The Balaban J connectivity index is 1.19. The number of anilines is 1. The SMILES string of the molecule is Nc1ncc(-c2ccc(C3(c4noc(-c5ccc(C(=O)N6CCC(F)(F)CC6)nc5)n4)CCC3)cc2)cn1. The molecule has 1 aromatic carbocycles. The summed E-state index contributed by atoms with van der Waals surface area (Å²) in [6, 6.07) is 11.4.